The predicted octanol–water partition coefficient (Wildman–Crippen LogP) is 5.44. The van der Waals surface area contributed by atoms with Gasteiger partial charge in [-0.25, -0.2) is 8.78 Å². The predicted molar refractivity (Wildman–Crippen MR) is 88.2 cm³/mol. The van der Waals surface area contributed by atoms with E-state index in [0.29, 0.717) is 16.8 Å². The quantitative estimate of drug-likeness (QED) is 0.685. The Labute approximate surface area is 141 Å². The minimum absolute atomic E-state index is 0.00502. The Kier molecular flexibility index (Phi) is 4.36. The molecule has 6 heteroatoms. The van der Waals surface area contributed by atoms with Gasteiger partial charge >= 0.3 is 0 Å². The van der Waals surface area contributed by atoms with Crippen molar-refractivity contribution in [1.82, 2.24) is 0 Å². The highest BCUT2D eigenvalue weighted by molar-refractivity contribution is 6.31. The molecule has 0 aliphatic rings. The van der Waals surface area contributed by atoms with Gasteiger partial charge in [0.2, 0.25) is 0 Å². The lowest BCUT2D eigenvalue weighted by atomic mass is 10.1. The molecule has 24 heavy (non-hydrogen) atoms. The number of halogens is 3. The molecule has 1 amide bonds. The lowest BCUT2D eigenvalue weighted by molar-refractivity contribution is 0.0997. The highest BCUT2D eigenvalue weighted by Crippen LogP contribution is 2.27. The molecule has 1 aromatic heterocycles. The van der Waals surface area contributed by atoms with Crippen molar-refractivity contribution in [3.63, 3.8) is 0 Å². The average molecular weight is 348 g/mol. The van der Waals surface area contributed by atoms with Crippen molar-refractivity contribution in [3.05, 3.63) is 76.5 Å². The number of rotatable bonds is 3. The van der Waals surface area contributed by atoms with Crippen LogP contribution in [0.25, 0.3) is 11.3 Å². The van der Waals surface area contributed by atoms with Crippen LogP contribution in [0.5, 0.6) is 0 Å². The summed E-state index contributed by atoms with van der Waals surface area (Å²) in [6.07, 6.45) is 0. The summed E-state index contributed by atoms with van der Waals surface area (Å²) in [5.41, 5.74) is 1.52. The number of hydrogen-bond donors (Lipinski definition) is 1. The summed E-state index contributed by atoms with van der Waals surface area (Å²) in [7, 11) is 0. The van der Waals surface area contributed by atoms with Crippen LogP contribution < -0.4 is 5.32 Å². The van der Waals surface area contributed by atoms with Gasteiger partial charge in [-0.1, -0.05) is 23.7 Å². The molecule has 1 heterocycles. The van der Waals surface area contributed by atoms with Crippen molar-refractivity contribution in [2.24, 2.45) is 0 Å². The highest BCUT2D eigenvalue weighted by Gasteiger charge is 2.15. The highest BCUT2D eigenvalue weighted by atomic mass is 35.5. The molecule has 3 aromatic rings. The molecular weight excluding hydrogens is 336 g/mol. The summed E-state index contributed by atoms with van der Waals surface area (Å²) < 4.78 is 32.0. The Morgan fingerprint density at radius 2 is 1.88 bits per heavy atom. The number of aryl methyl sites for hydroxylation is 1. The van der Waals surface area contributed by atoms with Gasteiger partial charge in [-0.2, -0.15) is 0 Å². The third kappa shape index (κ3) is 3.31. The molecule has 1 N–H and O–H groups in total. The largest absolute Gasteiger partial charge is 0.451 e. The fraction of sp³-hybridized carbons (Fsp3) is 0.0556. The smallest absolute Gasteiger partial charge is 0.291 e. The summed E-state index contributed by atoms with van der Waals surface area (Å²) in [6.45, 7) is 1.88. The Morgan fingerprint density at radius 1 is 1.08 bits per heavy atom. The van der Waals surface area contributed by atoms with Crippen molar-refractivity contribution in [3.8, 4) is 11.3 Å². The second-order valence-corrected chi connectivity index (χ2v) is 5.61. The average Bonchev–Trinajstić information content (AvgIpc) is 3.03. The molecule has 0 atom stereocenters. The molecule has 3 rings (SSSR count). The number of anilines is 1. The third-order valence-corrected chi connectivity index (χ3v) is 3.87. The monoisotopic (exact) mass is 347 g/mol. The van der Waals surface area contributed by atoms with Gasteiger partial charge in [0.1, 0.15) is 17.4 Å². The fourth-order valence-electron chi connectivity index (χ4n) is 2.14. The summed E-state index contributed by atoms with van der Waals surface area (Å²) in [6, 6.07) is 11.4. The zero-order valence-corrected chi connectivity index (χ0v) is 13.3. The van der Waals surface area contributed by atoms with Crippen LogP contribution in [0.4, 0.5) is 14.5 Å². The van der Waals surface area contributed by atoms with E-state index in [1.807, 2.05) is 19.1 Å². The van der Waals surface area contributed by atoms with Crippen molar-refractivity contribution < 1.29 is 18.0 Å². The Morgan fingerprint density at radius 3 is 2.58 bits per heavy atom. The van der Waals surface area contributed by atoms with E-state index in [0.717, 1.165) is 23.3 Å². The zero-order chi connectivity index (χ0) is 17.3. The lowest BCUT2D eigenvalue weighted by Crippen LogP contribution is -2.12. The van der Waals surface area contributed by atoms with Gasteiger partial charge in [-0.3, -0.25) is 4.79 Å². The first-order chi connectivity index (χ1) is 11.4. The number of furan rings is 1. The lowest BCUT2D eigenvalue weighted by Gasteiger charge is -2.05. The van der Waals surface area contributed by atoms with Gasteiger partial charge in [0, 0.05) is 16.7 Å². The molecule has 0 spiro atoms. The van der Waals surface area contributed by atoms with Crippen LogP contribution in [0.2, 0.25) is 5.02 Å². The minimum atomic E-state index is -0.861. The first-order valence-electron chi connectivity index (χ1n) is 7.07. The van der Waals surface area contributed by atoms with Crippen molar-refractivity contribution in [2.75, 3.05) is 5.32 Å². The normalized spacial score (nSPS) is 10.7. The second-order valence-electron chi connectivity index (χ2n) is 5.21. The maximum Gasteiger partial charge on any atom is 0.291 e. The first kappa shape index (κ1) is 16.2. The molecule has 0 aliphatic heterocycles. The van der Waals surface area contributed by atoms with Crippen LogP contribution in [-0.2, 0) is 0 Å². The third-order valence-electron chi connectivity index (χ3n) is 3.47. The second kappa shape index (κ2) is 6.45. The van der Waals surface area contributed by atoms with E-state index >= 15 is 0 Å². The maximum atomic E-state index is 13.6. The van der Waals surface area contributed by atoms with Gasteiger partial charge in [-0.15, -0.1) is 0 Å². The molecule has 3 nitrogen and oxygen atoms in total. The molecule has 122 valence electrons. The summed E-state index contributed by atoms with van der Waals surface area (Å²) >= 11 is 6.08. The molecule has 0 saturated heterocycles. The van der Waals surface area contributed by atoms with E-state index in [4.69, 9.17) is 16.0 Å². The maximum absolute atomic E-state index is 13.6. The molecule has 0 radical (unpaired) electrons. The van der Waals surface area contributed by atoms with Gasteiger partial charge < -0.3 is 9.73 Å². The molecule has 0 aliphatic carbocycles. The van der Waals surface area contributed by atoms with Crippen molar-refractivity contribution >= 4 is 23.2 Å². The number of benzene rings is 2. The number of nitrogens with one attached hydrogen (secondary N) is 1. The number of carbonyl (C=O) groups excluding carboxylic acids is 1. The molecule has 0 saturated carbocycles. The number of carbonyl (C=O) groups is 1. The molecular formula is C18H12ClF2NO2. The zero-order valence-electron chi connectivity index (χ0n) is 12.6. The summed E-state index contributed by atoms with van der Waals surface area (Å²) in [4.78, 5) is 12.1. The fourth-order valence-corrected chi connectivity index (χ4v) is 2.32. The van der Waals surface area contributed by atoms with Gasteiger partial charge in [0.15, 0.2) is 5.76 Å². The van der Waals surface area contributed by atoms with Gasteiger partial charge in [0.05, 0.1) is 5.69 Å². The molecule has 2 aromatic carbocycles. The van der Waals surface area contributed by atoms with Gasteiger partial charge in [0.25, 0.3) is 5.91 Å². The Bertz CT molecular complexity index is 921. The summed E-state index contributed by atoms with van der Waals surface area (Å²) in [5.74, 6) is -1.75. The van der Waals surface area contributed by atoms with E-state index in [9.17, 15) is 13.6 Å². The van der Waals surface area contributed by atoms with Gasteiger partial charge in [-0.05, 0) is 42.8 Å². The minimum Gasteiger partial charge on any atom is -0.451 e. The first-order valence-corrected chi connectivity index (χ1v) is 7.44. The standard InChI is InChI=1S/C18H12ClF2NO2/c1-10-2-3-11(8-13(10)19)16-6-7-17(24-16)18(23)22-15-5-4-12(20)9-14(15)21/h2-9H,1H3,(H,22,23). The van der Waals surface area contributed by atoms with Crippen LogP contribution in [0.1, 0.15) is 16.1 Å². The molecule has 0 bridgehead atoms. The van der Waals surface area contributed by atoms with Crippen LogP contribution in [0, 0.1) is 18.6 Å². The van der Waals surface area contributed by atoms with E-state index < -0.39 is 17.5 Å². The topological polar surface area (TPSA) is 42.2 Å². The van der Waals surface area contributed by atoms with E-state index in [2.05, 4.69) is 5.32 Å². The number of hydrogen-bond acceptors (Lipinski definition) is 2. The van der Waals surface area contributed by atoms with Crippen LogP contribution in [-0.4, -0.2) is 5.91 Å². The van der Waals surface area contributed by atoms with E-state index in [1.165, 1.54) is 6.07 Å². The van der Waals surface area contributed by atoms with Crippen LogP contribution >= 0.6 is 11.6 Å². The van der Waals surface area contributed by atoms with Crippen molar-refractivity contribution in [2.45, 2.75) is 6.92 Å². The van der Waals surface area contributed by atoms with E-state index in [1.54, 1.807) is 12.1 Å². The van der Waals surface area contributed by atoms with E-state index in [-0.39, 0.29) is 11.4 Å². The van der Waals surface area contributed by atoms with Crippen LogP contribution in [0.15, 0.2) is 52.9 Å². The molecule has 0 unspecified atom stereocenters. The van der Waals surface area contributed by atoms with Crippen molar-refractivity contribution in [1.29, 1.82) is 0 Å². The summed E-state index contributed by atoms with van der Waals surface area (Å²) in [5, 5.41) is 2.92. The Hall–Kier alpha value is -2.66. The SMILES string of the molecule is Cc1ccc(-c2ccc(C(=O)Nc3ccc(F)cc3F)o2)cc1Cl. The molecule has 0 fully saturated rings. The van der Waals surface area contributed by atoms with Crippen LogP contribution in [0.3, 0.4) is 0 Å². The number of amides is 1. The Balaban J connectivity index is 1.82.